The Hall–Kier alpha value is -3.16. The molecule has 0 bridgehead atoms. The Morgan fingerprint density at radius 3 is 2.81 bits per heavy atom. The van der Waals surface area contributed by atoms with Crippen LogP contribution in [0.2, 0.25) is 5.02 Å². The second-order valence-electron chi connectivity index (χ2n) is 6.06. The minimum absolute atomic E-state index is 0.219. The number of nitrogens with one attached hydrogen (secondary N) is 2. The standard InChI is InChI=1S/C19H17ClN6O/c20-14-3-1-13(2-4-14)16-10-22-18(25-16)11-23-19(27)15-9-24-26-6-5-12(8-21)7-17(15)26/h1-7,9-10H,8,11,21H2,(H,22,25)(H,23,27). The summed E-state index contributed by atoms with van der Waals surface area (Å²) in [7, 11) is 0. The molecule has 0 unspecified atom stereocenters. The zero-order valence-electron chi connectivity index (χ0n) is 14.3. The molecule has 0 radical (unpaired) electrons. The average Bonchev–Trinajstić information content (AvgIpc) is 3.33. The second-order valence-corrected chi connectivity index (χ2v) is 6.50. The third kappa shape index (κ3) is 3.55. The lowest BCUT2D eigenvalue weighted by Gasteiger charge is -2.03. The summed E-state index contributed by atoms with van der Waals surface area (Å²) in [6.45, 7) is 0.683. The molecule has 0 aliphatic heterocycles. The van der Waals surface area contributed by atoms with Crippen LogP contribution in [0.25, 0.3) is 16.8 Å². The van der Waals surface area contributed by atoms with E-state index in [1.165, 1.54) is 0 Å². The number of pyridine rings is 1. The molecule has 27 heavy (non-hydrogen) atoms. The van der Waals surface area contributed by atoms with Gasteiger partial charge < -0.3 is 16.0 Å². The molecule has 7 nitrogen and oxygen atoms in total. The Balaban J connectivity index is 1.48. The predicted octanol–water partition coefficient (Wildman–Crippen LogP) is 2.77. The van der Waals surface area contributed by atoms with Crippen LogP contribution < -0.4 is 11.1 Å². The summed E-state index contributed by atoms with van der Waals surface area (Å²) in [5.74, 6) is 0.441. The largest absolute Gasteiger partial charge is 0.345 e. The van der Waals surface area contributed by atoms with Crippen LogP contribution in [0.1, 0.15) is 21.7 Å². The number of imidazole rings is 1. The smallest absolute Gasteiger partial charge is 0.255 e. The zero-order chi connectivity index (χ0) is 18.8. The van der Waals surface area contributed by atoms with Gasteiger partial charge in [0.25, 0.3) is 5.91 Å². The number of amides is 1. The van der Waals surface area contributed by atoms with Crippen LogP contribution in [0, 0.1) is 0 Å². The third-order valence-electron chi connectivity index (χ3n) is 4.27. The third-order valence-corrected chi connectivity index (χ3v) is 4.52. The summed E-state index contributed by atoms with van der Waals surface area (Å²) in [5.41, 5.74) is 9.67. The van der Waals surface area contributed by atoms with Crippen molar-refractivity contribution in [3.8, 4) is 11.3 Å². The van der Waals surface area contributed by atoms with Gasteiger partial charge in [0, 0.05) is 17.8 Å². The monoisotopic (exact) mass is 380 g/mol. The first-order chi connectivity index (χ1) is 13.1. The van der Waals surface area contributed by atoms with Gasteiger partial charge in [0.1, 0.15) is 5.82 Å². The molecule has 0 saturated heterocycles. The maximum atomic E-state index is 12.6. The van der Waals surface area contributed by atoms with E-state index in [4.69, 9.17) is 17.3 Å². The summed E-state index contributed by atoms with van der Waals surface area (Å²) in [4.78, 5) is 20.1. The number of fused-ring (bicyclic) bond motifs is 1. The van der Waals surface area contributed by atoms with E-state index < -0.39 is 0 Å². The number of nitrogens with zero attached hydrogens (tertiary/aromatic N) is 3. The van der Waals surface area contributed by atoms with Gasteiger partial charge in [-0.25, -0.2) is 9.50 Å². The van der Waals surface area contributed by atoms with Crippen molar-refractivity contribution in [2.45, 2.75) is 13.1 Å². The highest BCUT2D eigenvalue weighted by Gasteiger charge is 2.13. The fraction of sp³-hybridized carbons (Fsp3) is 0.105. The van der Waals surface area contributed by atoms with Gasteiger partial charge in [0.05, 0.1) is 35.7 Å². The number of hydrogen-bond acceptors (Lipinski definition) is 4. The Labute approximate surface area is 160 Å². The van der Waals surface area contributed by atoms with Crippen LogP contribution >= 0.6 is 11.6 Å². The topological polar surface area (TPSA) is 101 Å². The number of carbonyl (C=O) groups is 1. The van der Waals surface area contributed by atoms with Crippen molar-refractivity contribution in [2.75, 3.05) is 0 Å². The summed E-state index contributed by atoms with van der Waals surface area (Å²) in [6, 6.07) is 11.2. The highest BCUT2D eigenvalue weighted by molar-refractivity contribution is 6.30. The molecule has 3 heterocycles. The number of hydrogen-bond donors (Lipinski definition) is 3. The van der Waals surface area contributed by atoms with Crippen molar-refractivity contribution in [3.05, 3.63) is 77.0 Å². The fourth-order valence-corrected chi connectivity index (χ4v) is 2.94. The first kappa shape index (κ1) is 17.3. The van der Waals surface area contributed by atoms with Gasteiger partial charge in [-0.2, -0.15) is 5.10 Å². The first-order valence-electron chi connectivity index (χ1n) is 8.38. The number of benzene rings is 1. The molecule has 4 N–H and O–H groups in total. The van der Waals surface area contributed by atoms with E-state index in [9.17, 15) is 4.79 Å². The van der Waals surface area contributed by atoms with E-state index >= 15 is 0 Å². The summed E-state index contributed by atoms with van der Waals surface area (Å²) in [6.07, 6.45) is 5.07. The molecule has 136 valence electrons. The van der Waals surface area contributed by atoms with Gasteiger partial charge in [-0.15, -0.1) is 0 Å². The summed E-state index contributed by atoms with van der Waals surface area (Å²) >= 11 is 5.91. The van der Waals surface area contributed by atoms with Crippen molar-refractivity contribution < 1.29 is 4.79 Å². The molecule has 0 saturated carbocycles. The number of aromatic nitrogens is 4. The Morgan fingerprint density at radius 1 is 1.22 bits per heavy atom. The number of nitrogens with two attached hydrogens (primary N) is 1. The highest BCUT2D eigenvalue weighted by Crippen LogP contribution is 2.19. The maximum absolute atomic E-state index is 12.6. The van der Waals surface area contributed by atoms with E-state index in [2.05, 4.69) is 20.4 Å². The van der Waals surface area contributed by atoms with E-state index in [1.807, 2.05) is 36.4 Å². The van der Waals surface area contributed by atoms with Gasteiger partial charge in [0.15, 0.2) is 0 Å². The van der Waals surface area contributed by atoms with Gasteiger partial charge in [0.2, 0.25) is 0 Å². The van der Waals surface area contributed by atoms with Crippen molar-refractivity contribution in [1.82, 2.24) is 24.9 Å². The molecule has 4 rings (SSSR count). The quantitative estimate of drug-likeness (QED) is 0.495. The Bertz CT molecular complexity index is 1100. The van der Waals surface area contributed by atoms with Crippen LogP contribution in [0.3, 0.4) is 0 Å². The molecule has 0 atom stereocenters. The van der Waals surface area contributed by atoms with Crippen LogP contribution in [0.15, 0.2) is 55.0 Å². The highest BCUT2D eigenvalue weighted by atomic mass is 35.5. The van der Waals surface area contributed by atoms with Gasteiger partial charge in [-0.1, -0.05) is 23.7 Å². The lowest BCUT2D eigenvalue weighted by molar-refractivity contribution is 0.0951. The molecule has 0 spiro atoms. The van der Waals surface area contributed by atoms with E-state index in [0.29, 0.717) is 23.0 Å². The molecule has 8 heteroatoms. The molecule has 1 aromatic carbocycles. The lowest BCUT2D eigenvalue weighted by Crippen LogP contribution is -2.23. The minimum Gasteiger partial charge on any atom is -0.345 e. The SMILES string of the molecule is NCc1ccn2ncc(C(=O)NCc3ncc(-c4ccc(Cl)cc4)[nH]3)c2c1. The van der Waals surface area contributed by atoms with Gasteiger partial charge in [-0.3, -0.25) is 4.79 Å². The number of H-pyrrole nitrogens is 1. The van der Waals surface area contributed by atoms with Crippen molar-refractivity contribution in [1.29, 1.82) is 0 Å². The Kier molecular flexibility index (Phi) is 4.62. The predicted molar refractivity (Wildman–Crippen MR) is 103 cm³/mol. The fourth-order valence-electron chi connectivity index (χ4n) is 2.81. The molecule has 1 amide bonds. The molecular weight excluding hydrogens is 364 g/mol. The maximum Gasteiger partial charge on any atom is 0.255 e. The minimum atomic E-state index is -0.219. The number of carbonyl (C=O) groups excluding carboxylic acids is 1. The summed E-state index contributed by atoms with van der Waals surface area (Å²) < 4.78 is 1.65. The van der Waals surface area contributed by atoms with E-state index in [0.717, 1.165) is 22.3 Å². The van der Waals surface area contributed by atoms with E-state index in [-0.39, 0.29) is 12.5 Å². The average molecular weight is 381 g/mol. The molecule has 0 aliphatic carbocycles. The molecule has 3 aromatic heterocycles. The van der Waals surface area contributed by atoms with Crippen LogP contribution in [-0.2, 0) is 13.1 Å². The molecule has 0 aliphatic rings. The molecular formula is C19H17ClN6O. The van der Waals surface area contributed by atoms with Crippen molar-refractivity contribution in [3.63, 3.8) is 0 Å². The summed E-state index contributed by atoms with van der Waals surface area (Å²) in [5, 5.41) is 7.75. The van der Waals surface area contributed by atoms with Crippen molar-refractivity contribution in [2.24, 2.45) is 5.73 Å². The number of halogens is 1. The van der Waals surface area contributed by atoms with E-state index in [1.54, 1.807) is 23.1 Å². The first-order valence-corrected chi connectivity index (χ1v) is 8.76. The normalized spacial score (nSPS) is 11.0. The van der Waals surface area contributed by atoms with Gasteiger partial charge >= 0.3 is 0 Å². The Morgan fingerprint density at radius 2 is 2.04 bits per heavy atom. The molecule has 4 aromatic rings. The second kappa shape index (κ2) is 7.22. The van der Waals surface area contributed by atoms with Crippen LogP contribution in [-0.4, -0.2) is 25.5 Å². The van der Waals surface area contributed by atoms with Crippen LogP contribution in [0.4, 0.5) is 0 Å². The van der Waals surface area contributed by atoms with Crippen LogP contribution in [0.5, 0.6) is 0 Å². The van der Waals surface area contributed by atoms with Gasteiger partial charge in [-0.05, 0) is 35.4 Å². The number of rotatable bonds is 5. The van der Waals surface area contributed by atoms with Crippen molar-refractivity contribution >= 4 is 23.0 Å². The molecule has 0 fully saturated rings. The lowest BCUT2D eigenvalue weighted by atomic mass is 10.2. The number of aromatic amines is 1. The zero-order valence-corrected chi connectivity index (χ0v) is 15.1.